The zero-order valence-corrected chi connectivity index (χ0v) is 5.52. The lowest BCUT2D eigenvalue weighted by atomic mass is 10.3. The molecule has 0 bridgehead atoms. The highest BCUT2D eigenvalue weighted by Crippen LogP contribution is 1.88. The van der Waals surface area contributed by atoms with Crippen LogP contribution in [0.5, 0.6) is 0 Å². The lowest BCUT2D eigenvalue weighted by Gasteiger charge is -1.78. The summed E-state index contributed by atoms with van der Waals surface area (Å²) >= 11 is 0. The van der Waals surface area contributed by atoms with E-state index in [1.54, 1.807) is 0 Å². The summed E-state index contributed by atoms with van der Waals surface area (Å²) in [6.07, 6.45) is 7.91. The van der Waals surface area contributed by atoms with Gasteiger partial charge in [0.15, 0.2) is 0 Å². The Bertz CT molecular complexity index is 116. The topological polar surface area (TPSA) is 0 Å². The zero-order valence-electron chi connectivity index (χ0n) is 5.52. The first-order valence-corrected chi connectivity index (χ1v) is 2.72. The summed E-state index contributed by atoms with van der Waals surface area (Å²) in [7, 11) is 0. The Morgan fingerprint density at radius 1 is 1.38 bits per heavy atom. The number of allylic oxidation sites excluding steroid dienone is 5. The van der Waals surface area contributed by atoms with Crippen molar-refractivity contribution in [3.8, 4) is 0 Å². The van der Waals surface area contributed by atoms with Crippen molar-refractivity contribution >= 4 is 0 Å². The van der Waals surface area contributed by atoms with E-state index >= 15 is 0 Å². The third-order valence-corrected chi connectivity index (χ3v) is 0.684. The molecule has 0 saturated carbocycles. The van der Waals surface area contributed by atoms with Gasteiger partial charge in [-0.05, 0) is 13.8 Å². The van der Waals surface area contributed by atoms with Crippen LogP contribution < -0.4 is 0 Å². The van der Waals surface area contributed by atoms with E-state index in [2.05, 4.69) is 6.58 Å². The summed E-state index contributed by atoms with van der Waals surface area (Å²) in [4.78, 5) is 0. The van der Waals surface area contributed by atoms with Gasteiger partial charge < -0.3 is 0 Å². The highest BCUT2D eigenvalue weighted by molar-refractivity contribution is 5.16. The summed E-state index contributed by atoms with van der Waals surface area (Å²) in [6.45, 7) is 7.67. The minimum absolute atomic E-state index is 1.09. The molecule has 0 aliphatic rings. The van der Waals surface area contributed by atoms with Gasteiger partial charge in [-0.1, -0.05) is 36.5 Å². The molecule has 0 fully saturated rings. The molecule has 0 aliphatic carbocycles. The molecule has 0 spiro atoms. The number of rotatable bonds is 2. The molecule has 0 saturated heterocycles. The monoisotopic (exact) mass is 108 g/mol. The number of hydrogen-bond acceptors (Lipinski definition) is 0. The van der Waals surface area contributed by atoms with E-state index in [4.69, 9.17) is 0 Å². The van der Waals surface area contributed by atoms with E-state index < -0.39 is 0 Å². The molecular weight excluding hydrogens is 96.1 g/mol. The van der Waals surface area contributed by atoms with Crippen LogP contribution in [-0.4, -0.2) is 0 Å². The van der Waals surface area contributed by atoms with Crippen LogP contribution in [0.4, 0.5) is 0 Å². The maximum Gasteiger partial charge on any atom is -0.0404 e. The molecule has 0 aromatic heterocycles. The quantitative estimate of drug-likeness (QED) is 0.477. The van der Waals surface area contributed by atoms with Gasteiger partial charge in [0.2, 0.25) is 0 Å². The summed E-state index contributed by atoms with van der Waals surface area (Å²) in [5.74, 6) is 0. The molecule has 0 heterocycles. The molecule has 0 aliphatic heterocycles. The Morgan fingerprint density at radius 3 is 2.38 bits per heavy atom. The van der Waals surface area contributed by atoms with Crippen LogP contribution in [0.25, 0.3) is 0 Å². The highest BCUT2D eigenvalue weighted by atomic mass is 13.7. The summed E-state index contributed by atoms with van der Waals surface area (Å²) in [6, 6.07) is 0. The van der Waals surface area contributed by atoms with Crippen LogP contribution in [-0.2, 0) is 0 Å². The molecule has 0 radical (unpaired) electrons. The summed E-state index contributed by atoms with van der Waals surface area (Å²) in [5, 5.41) is 0. The first-order valence-electron chi connectivity index (χ1n) is 2.72. The fraction of sp³-hybridized carbons (Fsp3) is 0.250. The van der Waals surface area contributed by atoms with Gasteiger partial charge in [0, 0.05) is 0 Å². The first kappa shape index (κ1) is 7.22. The van der Waals surface area contributed by atoms with Crippen molar-refractivity contribution in [2.45, 2.75) is 13.8 Å². The third-order valence-electron chi connectivity index (χ3n) is 0.684. The third kappa shape index (κ3) is 5.22. The van der Waals surface area contributed by atoms with E-state index in [0.29, 0.717) is 0 Å². The van der Waals surface area contributed by atoms with Crippen molar-refractivity contribution in [1.29, 1.82) is 0 Å². The van der Waals surface area contributed by atoms with E-state index in [1.165, 1.54) is 0 Å². The Labute approximate surface area is 51.2 Å². The minimum atomic E-state index is 1.09. The van der Waals surface area contributed by atoms with E-state index in [-0.39, 0.29) is 0 Å². The van der Waals surface area contributed by atoms with Crippen LogP contribution in [0, 0.1) is 0 Å². The zero-order chi connectivity index (χ0) is 6.41. The van der Waals surface area contributed by atoms with Crippen molar-refractivity contribution in [3.63, 3.8) is 0 Å². The SMILES string of the molecule is C=C(C)/C=C\C=C\C. The van der Waals surface area contributed by atoms with Crippen LogP contribution >= 0.6 is 0 Å². The fourth-order valence-electron chi connectivity index (χ4n) is 0.331. The van der Waals surface area contributed by atoms with Gasteiger partial charge in [0.05, 0.1) is 0 Å². The van der Waals surface area contributed by atoms with Gasteiger partial charge in [0.1, 0.15) is 0 Å². The average Bonchev–Trinajstić information content (AvgIpc) is 1.66. The molecule has 0 aromatic carbocycles. The normalized spacial score (nSPS) is 11.2. The smallest absolute Gasteiger partial charge is 0.0404 e. The standard InChI is InChI=1S/C8H12/c1-4-5-6-7-8(2)3/h4-7H,2H2,1,3H3/b5-4+,7-6-. The van der Waals surface area contributed by atoms with E-state index in [1.807, 2.05) is 38.2 Å². The summed E-state index contributed by atoms with van der Waals surface area (Å²) in [5.41, 5.74) is 1.09. The molecule has 0 heteroatoms. The van der Waals surface area contributed by atoms with Gasteiger partial charge in [-0.3, -0.25) is 0 Å². The molecule has 0 N–H and O–H groups in total. The fourth-order valence-corrected chi connectivity index (χ4v) is 0.331. The van der Waals surface area contributed by atoms with Gasteiger partial charge in [0.25, 0.3) is 0 Å². The molecule has 0 atom stereocenters. The van der Waals surface area contributed by atoms with Crippen LogP contribution in [0.3, 0.4) is 0 Å². The Morgan fingerprint density at radius 2 is 2.00 bits per heavy atom. The molecule has 8 heavy (non-hydrogen) atoms. The van der Waals surface area contributed by atoms with Crippen molar-refractivity contribution in [1.82, 2.24) is 0 Å². The lowest BCUT2D eigenvalue weighted by Crippen LogP contribution is -1.56. The molecular formula is C8H12. The second-order valence-electron chi connectivity index (χ2n) is 1.73. The van der Waals surface area contributed by atoms with Crippen molar-refractivity contribution in [3.05, 3.63) is 36.5 Å². The summed E-state index contributed by atoms with van der Waals surface area (Å²) < 4.78 is 0. The predicted molar refractivity (Wildman–Crippen MR) is 38.8 cm³/mol. The van der Waals surface area contributed by atoms with Gasteiger partial charge in [-0.15, -0.1) is 0 Å². The van der Waals surface area contributed by atoms with Crippen molar-refractivity contribution in [2.75, 3.05) is 0 Å². The predicted octanol–water partition coefficient (Wildman–Crippen LogP) is 2.69. The minimum Gasteiger partial charge on any atom is -0.0961 e. The van der Waals surface area contributed by atoms with Gasteiger partial charge >= 0.3 is 0 Å². The Balaban J connectivity index is 3.50. The highest BCUT2D eigenvalue weighted by Gasteiger charge is 1.66. The van der Waals surface area contributed by atoms with Crippen LogP contribution in [0.2, 0.25) is 0 Å². The molecule has 0 unspecified atom stereocenters. The van der Waals surface area contributed by atoms with Crippen molar-refractivity contribution < 1.29 is 0 Å². The maximum atomic E-state index is 3.71. The molecule has 0 nitrogen and oxygen atoms in total. The number of hydrogen-bond donors (Lipinski definition) is 0. The van der Waals surface area contributed by atoms with Gasteiger partial charge in [-0.25, -0.2) is 0 Å². The van der Waals surface area contributed by atoms with Crippen LogP contribution in [0.15, 0.2) is 36.5 Å². The maximum absolute atomic E-state index is 3.71. The largest absolute Gasteiger partial charge is 0.0961 e. The van der Waals surface area contributed by atoms with E-state index in [9.17, 15) is 0 Å². The first-order chi connectivity index (χ1) is 3.77. The lowest BCUT2D eigenvalue weighted by molar-refractivity contribution is 1.56. The molecule has 0 rings (SSSR count). The second-order valence-corrected chi connectivity index (χ2v) is 1.73. The Kier molecular flexibility index (Phi) is 3.95. The van der Waals surface area contributed by atoms with Crippen molar-refractivity contribution in [2.24, 2.45) is 0 Å². The Hall–Kier alpha value is -0.780. The van der Waals surface area contributed by atoms with Gasteiger partial charge in [-0.2, -0.15) is 0 Å². The molecule has 0 aromatic rings. The average molecular weight is 108 g/mol. The molecule has 0 amide bonds. The van der Waals surface area contributed by atoms with Crippen LogP contribution in [0.1, 0.15) is 13.8 Å². The van der Waals surface area contributed by atoms with E-state index in [0.717, 1.165) is 5.57 Å². The molecule has 44 valence electrons. The second kappa shape index (κ2) is 4.38.